The van der Waals surface area contributed by atoms with E-state index in [-0.39, 0.29) is 22.7 Å². The zero-order chi connectivity index (χ0) is 13.9. The minimum absolute atomic E-state index is 0.0823. The van der Waals surface area contributed by atoms with Crippen LogP contribution in [0.15, 0.2) is 12.1 Å². The molecule has 0 aromatic heterocycles. The molecule has 1 amide bonds. The summed E-state index contributed by atoms with van der Waals surface area (Å²) in [5.74, 6) is -1.13. The van der Waals surface area contributed by atoms with Gasteiger partial charge >= 0.3 is 0 Å². The van der Waals surface area contributed by atoms with Crippen LogP contribution >= 0.6 is 0 Å². The van der Waals surface area contributed by atoms with Crippen molar-refractivity contribution < 1.29 is 14.1 Å². The first-order valence-electron chi connectivity index (χ1n) is 5.55. The molecule has 0 atom stereocenters. The minimum atomic E-state index is -0.721. The quantitative estimate of drug-likeness (QED) is 0.662. The first-order chi connectivity index (χ1) is 8.32. The Balaban J connectivity index is 3.07. The average Bonchev–Trinajstić information content (AvgIpc) is 2.29. The van der Waals surface area contributed by atoms with E-state index in [0.29, 0.717) is 6.54 Å². The van der Waals surface area contributed by atoms with E-state index in [1.165, 1.54) is 6.92 Å². The smallest absolute Gasteiger partial charge is 0.270 e. The van der Waals surface area contributed by atoms with Gasteiger partial charge in [-0.15, -0.1) is 0 Å². The maximum atomic E-state index is 13.7. The molecule has 0 heterocycles. The largest absolute Gasteiger partial charge is 0.352 e. The van der Waals surface area contributed by atoms with Crippen molar-refractivity contribution in [2.45, 2.75) is 20.8 Å². The zero-order valence-corrected chi connectivity index (χ0v) is 10.5. The van der Waals surface area contributed by atoms with E-state index in [9.17, 15) is 19.3 Å². The number of halogens is 1. The lowest BCUT2D eigenvalue weighted by atomic mass is 10.1. The molecule has 0 fully saturated rings. The number of carbonyl (C=O) groups excluding carboxylic acids is 1. The van der Waals surface area contributed by atoms with Crippen molar-refractivity contribution in [3.05, 3.63) is 39.2 Å². The normalized spacial score (nSPS) is 10.5. The fraction of sp³-hybridized carbons (Fsp3) is 0.417. The highest BCUT2D eigenvalue weighted by Gasteiger charge is 2.19. The number of nitrogens with one attached hydrogen (secondary N) is 1. The molecule has 0 spiro atoms. The van der Waals surface area contributed by atoms with Gasteiger partial charge in [0.15, 0.2) is 0 Å². The second-order valence-corrected chi connectivity index (χ2v) is 4.49. The van der Waals surface area contributed by atoms with E-state index in [1.54, 1.807) is 0 Å². The van der Waals surface area contributed by atoms with Gasteiger partial charge in [0.2, 0.25) is 0 Å². The van der Waals surface area contributed by atoms with Crippen LogP contribution < -0.4 is 5.32 Å². The highest BCUT2D eigenvalue weighted by Crippen LogP contribution is 2.20. The van der Waals surface area contributed by atoms with Crippen LogP contribution in [0.25, 0.3) is 0 Å². The third kappa shape index (κ3) is 3.26. The van der Waals surface area contributed by atoms with Crippen LogP contribution in [0.4, 0.5) is 10.1 Å². The van der Waals surface area contributed by atoms with Gasteiger partial charge in [0.05, 0.1) is 10.5 Å². The van der Waals surface area contributed by atoms with E-state index in [2.05, 4.69) is 5.32 Å². The molecule has 1 aromatic rings. The molecule has 0 bridgehead atoms. The maximum absolute atomic E-state index is 13.7. The molecule has 1 N–H and O–H groups in total. The first-order valence-corrected chi connectivity index (χ1v) is 5.55. The van der Waals surface area contributed by atoms with Gasteiger partial charge in [-0.05, 0) is 18.4 Å². The standard InChI is InChI=1S/C12H15FN2O3/c1-7(2)6-14-12(16)10-5-9(15(17)18)4-8(3)11(10)13/h4-5,7H,6H2,1-3H3,(H,14,16). The minimum Gasteiger partial charge on any atom is -0.352 e. The Morgan fingerprint density at radius 1 is 1.50 bits per heavy atom. The topological polar surface area (TPSA) is 72.2 Å². The second-order valence-electron chi connectivity index (χ2n) is 4.49. The fourth-order valence-corrected chi connectivity index (χ4v) is 1.41. The molecule has 1 rings (SSSR count). The van der Waals surface area contributed by atoms with Crippen molar-refractivity contribution >= 4 is 11.6 Å². The van der Waals surface area contributed by atoms with Crippen molar-refractivity contribution in [3.63, 3.8) is 0 Å². The lowest BCUT2D eigenvalue weighted by Gasteiger charge is -2.09. The van der Waals surface area contributed by atoms with Crippen molar-refractivity contribution in [2.75, 3.05) is 6.54 Å². The molecule has 6 heteroatoms. The molecular formula is C12H15FN2O3. The predicted molar refractivity (Wildman–Crippen MR) is 65.0 cm³/mol. The number of benzene rings is 1. The summed E-state index contributed by atoms with van der Waals surface area (Å²) in [6.07, 6.45) is 0. The van der Waals surface area contributed by atoms with Crippen LogP contribution in [0.3, 0.4) is 0 Å². The Morgan fingerprint density at radius 2 is 2.11 bits per heavy atom. The fourth-order valence-electron chi connectivity index (χ4n) is 1.41. The third-order valence-corrected chi connectivity index (χ3v) is 2.37. The zero-order valence-electron chi connectivity index (χ0n) is 10.5. The molecule has 0 saturated heterocycles. The Kier molecular flexibility index (Phi) is 4.36. The summed E-state index contributed by atoms with van der Waals surface area (Å²) >= 11 is 0. The second kappa shape index (κ2) is 5.57. The number of aryl methyl sites for hydroxylation is 1. The number of hydrogen-bond acceptors (Lipinski definition) is 3. The summed E-state index contributed by atoms with van der Waals surface area (Å²) < 4.78 is 13.7. The molecule has 5 nitrogen and oxygen atoms in total. The first kappa shape index (κ1) is 14.1. The highest BCUT2D eigenvalue weighted by atomic mass is 19.1. The van der Waals surface area contributed by atoms with Crippen molar-refractivity contribution in [1.29, 1.82) is 0 Å². The highest BCUT2D eigenvalue weighted by molar-refractivity contribution is 5.95. The summed E-state index contributed by atoms with van der Waals surface area (Å²) in [4.78, 5) is 21.7. The SMILES string of the molecule is Cc1cc([N+](=O)[O-])cc(C(=O)NCC(C)C)c1F. The van der Waals surface area contributed by atoms with E-state index >= 15 is 0 Å². The van der Waals surface area contributed by atoms with Crippen LogP contribution in [-0.4, -0.2) is 17.4 Å². The molecule has 0 aliphatic carbocycles. The monoisotopic (exact) mass is 254 g/mol. The van der Waals surface area contributed by atoms with Gasteiger partial charge in [0.25, 0.3) is 11.6 Å². The summed E-state index contributed by atoms with van der Waals surface area (Å²) in [5, 5.41) is 13.2. The molecule has 1 aromatic carbocycles. The van der Waals surface area contributed by atoms with Gasteiger partial charge in [-0.3, -0.25) is 14.9 Å². The van der Waals surface area contributed by atoms with Gasteiger partial charge in [0.1, 0.15) is 5.82 Å². The van der Waals surface area contributed by atoms with E-state index in [0.717, 1.165) is 12.1 Å². The Bertz CT molecular complexity index is 486. The summed E-state index contributed by atoms with van der Waals surface area (Å²) in [7, 11) is 0. The number of hydrogen-bond donors (Lipinski definition) is 1. The average molecular weight is 254 g/mol. The number of rotatable bonds is 4. The molecule has 0 aliphatic rings. The molecule has 0 radical (unpaired) electrons. The number of amides is 1. The van der Waals surface area contributed by atoms with Crippen LogP contribution in [0.2, 0.25) is 0 Å². The lowest BCUT2D eigenvalue weighted by Crippen LogP contribution is -2.28. The van der Waals surface area contributed by atoms with Crippen LogP contribution in [0.1, 0.15) is 29.8 Å². The van der Waals surface area contributed by atoms with Gasteiger partial charge in [-0.1, -0.05) is 13.8 Å². The Hall–Kier alpha value is -1.98. The molecule has 0 unspecified atom stereocenters. The maximum Gasteiger partial charge on any atom is 0.270 e. The predicted octanol–water partition coefficient (Wildman–Crippen LogP) is 2.43. The number of non-ortho nitro benzene ring substituents is 1. The summed E-state index contributed by atoms with van der Waals surface area (Å²) in [5.41, 5.74) is -0.496. The van der Waals surface area contributed by atoms with E-state index in [1.807, 2.05) is 13.8 Å². The number of nitro groups is 1. The van der Waals surface area contributed by atoms with Crippen LogP contribution in [0, 0.1) is 28.8 Å². The third-order valence-electron chi connectivity index (χ3n) is 2.37. The van der Waals surface area contributed by atoms with Crippen molar-refractivity contribution in [3.8, 4) is 0 Å². The number of nitrogens with zero attached hydrogens (tertiary/aromatic N) is 1. The van der Waals surface area contributed by atoms with E-state index in [4.69, 9.17) is 0 Å². The van der Waals surface area contributed by atoms with Gasteiger partial charge in [-0.25, -0.2) is 4.39 Å². The Morgan fingerprint density at radius 3 is 2.61 bits per heavy atom. The summed E-state index contributed by atoms with van der Waals surface area (Å²) in [6, 6.07) is 2.06. The molecule has 0 saturated carbocycles. The number of nitro benzene ring substituents is 1. The van der Waals surface area contributed by atoms with Gasteiger partial charge < -0.3 is 5.32 Å². The molecular weight excluding hydrogens is 239 g/mol. The van der Waals surface area contributed by atoms with Crippen molar-refractivity contribution in [1.82, 2.24) is 5.32 Å². The summed E-state index contributed by atoms with van der Waals surface area (Å²) in [6.45, 7) is 5.58. The van der Waals surface area contributed by atoms with Crippen LogP contribution in [0.5, 0.6) is 0 Å². The molecule has 98 valence electrons. The molecule has 18 heavy (non-hydrogen) atoms. The Labute approximate surface area is 104 Å². The van der Waals surface area contributed by atoms with Crippen LogP contribution in [-0.2, 0) is 0 Å². The molecule has 0 aliphatic heterocycles. The number of carbonyl (C=O) groups is 1. The van der Waals surface area contributed by atoms with Crippen molar-refractivity contribution in [2.24, 2.45) is 5.92 Å². The van der Waals surface area contributed by atoms with Gasteiger partial charge in [0, 0.05) is 18.7 Å². The van der Waals surface area contributed by atoms with E-state index < -0.39 is 16.6 Å². The van der Waals surface area contributed by atoms with Gasteiger partial charge in [-0.2, -0.15) is 0 Å². The lowest BCUT2D eigenvalue weighted by molar-refractivity contribution is -0.385.